The Morgan fingerprint density at radius 2 is 2.00 bits per heavy atom. The van der Waals surface area contributed by atoms with Crippen LogP contribution in [-0.4, -0.2) is 20.1 Å². The van der Waals surface area contributed by atoms with Crippen LogP contribution in [0.15, 0.2) is 53.4 Å². The Hall–Kier alpha value is -3.49. The third-order valence-electron chi connectivity index (χ3n) is 3.96. The van der Waals surface area contributed by atoms with E-state index in [1.165, 1.54) is 18.5 Å². The van der Waals surface area contributed by atoms with Crippen molar-refractivity contribution in [3.05, 3.63) is 66.2 Å². The van der Waals surface area contributed by atoms with Gasteiger partial charge < -0.3 is 9.26 Å². The molecule has 0 unspecified atom stereocenters. The van der Waals surface area contributed by atoms with Crippen LogP contribution in [0.3, 0.4) is 0 Å². The molecule has 0 aliphatic rings. The molecule has 6 nitrogen and oxygen atoms in total. The largest absolute Gasteiger partial charge is 0.489 e. The fourth-order valence-corrected chi connectivity index (χ4v) is 2.55. The number of rotatable bonds is 5. The van der Waals surface area contributed by atoms with Gasteiger partial charge in [0.15, 0.2) is 0 Å². The molecule has 4 rings (SSSR count). The number of hydrogen-bond donors (Lipinski definition) is 0. The molecule has 0 bridgehead atoms. The maximum absolute atomic E-state index is 14.4. The first kappa shape index (κ1) is 17.9. The summed E-state index contributed by atoms with van der Waals surface area (Å²) in [6.45, 7) is 0.734. The van der Waals surface area contributed by atoms with Crippen LogP contribution >= 0.6 is 0 Å². The number of aromatic nitrogens is 4. The average molecular weight is 386 g/mol. The first-order valence-corrected chi connectivity index (χ1v) is 8.23. The number of benzene rings is 2. The van der Waals surface area contributed by atoms with Crippen molar-refractivity contribution < 1.29 is 22.4 Å². The van der Waals surface area contributed by atoms with Crippen LogP contribution in [0.4, 0.5) is 13.2 Å². The molecule has 2 heterocycles. The molecule has 0 radical (unpaired) electrons. The molecule has 0 aliphatic carbocycles. The van der Waals surface area contributed by atoms with Crippen LogP contribution in [-0.2, 0) is 12.5 Å². The lowest BCUT2D eigenvalue weighted by atomic mass is 10.1. The highest BCUT2D eigenvalue weighted by atomic mass is 19.3. The molecule has 2 aromatic carbocycles. The lowest BCUT2D eigenvalue weighted by Crippen LogP contribution is -2.07. The molecule has 0 saturated carbocycles. The molecule has 142 valence electrons. The van der Waals surface area contributed by atoms with E-state index in [0.29, 0.717) is 18.2 Å². The van der Waals surface area contributed by atoms with Gasteiger partial charge in [-0.1, -0.05) is 11.2 Å². The van der Waals surface area contributed by atoms with Gasteiger partial charge in [0.25, 0.3) is 5.89 Å². The highest BCUT2D eigenvalue weighted by Crippen LogP contribution is 2.28. The minimum absolute atomic E-state index is 0.0367. The molecule has 0 fully saturated rings. The average Bonchev–Trinajstić information content (AvgIpc) is 3.16. The third kappa shape index (κ3) is 3.64. The lowest BCUT2D eigenvalue weighted by molar-refractivity contribution is -0.0158. The molecule has 0 atom stereocenters. The van der Waals surface area contributed by atoms with Gasteiger partial charge in [-0.3, -0.25) is 0 Å². The summed E-state index contributed by atoms with van der Waals surface area (Å²) < 4.78 is 50.9. The van der Waals surface area contributed by atoms with Crippen molar-refractivity contribution in [1.82, 2.24) is 20.1 Å². The van der Waals surface area contributed by atoms with E-state index in [2.05, 4.69) is 24.6 Å². The van der Waals surface area contributed by atoms with Gasteiger partial charge >= 0.3 is 5.92 Å². The van der Waals surface area contributed by atoms with E-state index in [-0.39, 0.29) is 18.0 Å². The van der Waals surface area contributed by atoms with Gasteiger partial charge in [-0.25, -0.2) is 14.4 Å². The summed E-state index contributed by atoms with van der Waals surface area (Å²) in [4.78, 5) is 11.6. The van der Waals surface area contributed by atoms with Crippen LogP contribution in [0.5, 0.6) is 5.75 Å². The number of fused-ring (bicyclic) bond motifs is 1. The maximum Gasteiger partial charge on any atom is 0.322 e. The van der Waals surface area contributed by atoms with Gasteiger partial charge in [0.2, 0.25) is 5.82 Å². The van der Waals surface area contributed by atoms with E-state index in [0.717, 1.165) is 10.9 Å². The maximum atomic E-state index is 14.4. The second kappa shape index (κ2) is 6.91. The van der Waals surface area contributed by atoms with E-state index < -0.39 is 17.6 Å². The molecule has 0 spiro atoms. The fraction of sp³-hybridized carbons (Fsp3) is 0.158. The number of halogens is 3. The quantitative estimate of drug-likeness (QED) is 0.502. The van der Waals surface area contributed by atoms with Gasteiger partial charge in [-0.15, -0.1) is 0 Å². The normalized spacial score (nSPS) is 11.7. The van der Waals surface area contributed by atoms with Crippen molar-refractivity contribution in [1.29, 1.82) is 0 Å². The summed E-state index contributed by atoms with van der Waals surface area (Å²) in [6, 6.07) is 9.58. The SMILES string of the molecule is CC(F)(F)c1nc(-c2ccc(COc3ccc4cncnc4c3)cc2F)no1. The predicted molar refractivity (Wildman–Crippen MR) is 93.1 cm³/mol. The van der Waals surface area contributed by atoms with Crippen LogP contribution in [0.2, 0.25) is 0 Å². The van der Waals surface area contributed by atoms with E-state index >= 15 is 0 Å². The summed E-state index contributed by atoms with van der Waals surface area (Å²) in [5.74, 6) is -4.49. The first-order valence-electron chi connectivity index (χ1n) is 8.23. The molecular weight excluding hydrogens is 373 g/mol. The Balaban J connectivity index is 1.50. The zero-order valence-electron chi connectivity index (χ0n) is 14.6. The van der Waals surface area contributed by atoms with Crippen molar-refractivity contribution >= 4 is 10.9 Å². The summed E-state index contributed by atoms with van der Waals surface area (Å²) in [6.07, 6.45) is 3.13. The first-order chi connectivity index (χ1) is 13.4. The Morgan fingerprint density at radius 1 is 1.14 bits per heavy atom. The van der Waals surface area contributed by atoms with Gasteiger partial charge in [0, 0.05) is 24.6 Å². The van der Waals surface area contributed by atoms with Gasteiger partial charge in [-0.2, -0.15) is 13.8 Å². The minimum Gasteiger partial charge on any atom is -0.489 e. The van der Waals surface area contributed by atoms with Gasteiger partial charge in [-0.05, 0) is 29.8 Å². The van der Waals surface area contributed by atoms with E-state index in [1.807, 2.05) is 6.07 Å². The number of hydrogen-bond acceptors (Lipinski definition) is 6. The van der Waals surface area contributed by atoms with Crippen LogP contribution in [0.25, 0.3) is 22.3 Å². The standard InChI is InChI=1S/C19H13F3N4O2/c1-19(21,22)18-25-17(26-28-18)14-5-2-11(6-15(14)20)9-27-13-4-3-12-8-23-10-24-16(12)7-13/h2-8,10H,9H2,1H3. The Morgan fingerprint density at radius 3 is 2.75 bits per heavy atom. The molecule has 0 aliphatic heterocycles. The van der Waals surface area contributed by atoms with Crippen molar-refractivity contribution in [3.63, 3.8) is 0 Å². The predicted octanol–water partition coefficient (Wildman–Crippen LogP) is 4.51. The Bertz CT molecular complexity index is 1140. The fourth-order valence-electron chi connectivity index (χ4n) is 2.55. The monoisotopic (exact) mass is 386 g/mol. The zero-order valence-corrected chi connectivity index (χ0v) is 14.6. The molecule has 28 heavy (non-hydrogen) atoms. The highest BCUT2D eigenvalue weighted by Gasteiger charge is 2.32. The highest BCUT2D eigenvalue weighted by molar-refractivity contribution is 5.78. The van der Waals surface area contributed by atoms with Gasteiger partial charge in [0.1, 0.15) is 24.5 Å². The minimum atomic E-state index is -3.29. The summed E-state index contributed by atoms with van der Waals surface area (Å²) in [5, 5.41) is 4.29. The summed E-state index contributed by atoms with van der Waals surface area (Å²) >= 11 is 0. The molecule has 0 saturated heterocycles. The molecular formula is C19H13F3N4O2. The van der Waals surface area contributed by atoms with Crippen LogP contribution in [0, 0.1) is 5.82 Å². The van der Waals surface area contributed by atoms with Gasteiger partial charge in [0.05, 0.1) is 11.1 Å². The zero-order chi connectivity index (χ0) is 19.7. The van der Waals surface area contributed by atoms with Crippen LogP contribution in [0.1, 0.15) is 18.4 Å². The molecule has 0 amide bonds. The number of ether oxygens (including phenoxy) is 1. The van der Waals surface area contributed by atoms with Crippen molar-refractivity contribution in [3.8, 4) is 17.1 Å². The smallest absolute Gasteiger partial charge is 0.322 e. The second-order valence-corrected chi connectivity index (χ2v) is 6.16. The van der Waals surface area contributed by atoms with Crippen molar-refractivity contribution in [2.75, 3.05) is 0 Å². The van der Waals surface area contributed by atoms with E-state index in [9.17, 15) is 13.2 Å². The number of alkyl halides is 2. The van der Waals surface area contributed by atoms with Crippen molar-refractivity contribution in [2.24, 2.45) is 0 Å². The summed E-state index contributed by atoms with van der Waals surface area (Å²) in [7, 11) is 0. The Kier molecular flexibility index (Phi) is 4.42. The molecule has 9 heteroatoms. The summed E-state index contributed by atoms with van der Waals surface area (Å²) in [5.41, 5.74) is 1.24. The van der Waals surface area contributed by atoms with Crippen molar-refractivity contribution in [2.45, 2.75) is 19.5 Å². The third-order valence-corrected chi connectivity index (χ3v) is 3.96. The molecule has 2 aromatic heterocycles. The topological polar surface area (TPSA) is 73.9 Å². The second-order valence-electron chi connectivity index (χ2n) is 6.16. The van der Waals surface area contributed by atoms with E-state index in [1.54, 1.807) is 24.4 Å². The Labute approximate surface area is 157 Å². The molecule has 4 aromatic rings. The van der Waals surface area contributed by atoms with E-state index in [4.69, 9.17) is 4.74 Å². The number of nitrogens with zero attached hydrogens (tertiary/aromatic N) is 4. The van der Waals surface area contributed by atoms with Crippen LogP contribution < -0.4 is 4.74 Å². The lowest BCUT2D eigenvalue weighted by Gasteiger charge is -2.08. The molecule has 0 N–H and O–H groups in total.